The first-order valence-electron chi connectivity index (χ1n) is 9.59. The summed E-state index contributed by atoms with van der Waals surface area (Å²) in [7, 11) is 1.91. The van der Waals surface area contributed by atoms with Crippen LogP contribution in [-0.4, -0.2) is 22.0 Å². The van der Waals surface area contributed by atoms with Gasteiger partial charge >= 0.3 is 0 Å². The predicted molar refractivity (Wildman–Crippen MR) is 112 cm³/mol. The average Bonchev–Trinajstić information content (AvgIpc) is 3.20. The van der Waals surface area contributed by atoms with Gasteiger partial charge in [0, 0.05) is 37.7 Å². The third-order valence-electron chi connectivity index (χ3n) is 5.38. The van der Waals surface area contributed by atoms with Crippen molar-refractivity contribution in [2.24, 2.45) is 18.1 Å². The summed E-state index contributed by atoms with van der Waals surface area (Å²) in [6, 6.07) is 13.2. The Morgan fingerprint density at radius 2 is 1.93 bits per heavy atom. The van der Waals surface area contributed by atoms with Gasteiger partial charge in [-0.25, -0.2) is 8.78 Å². The smallest absolute Gasteiger partial charge is 0.270 e. The molecule has 2 aromatic carbocycles. The lowest BCUT2D eigenvalue weighted by molar-refractivity contribution is -0.128. The van der Waals surface area contributed by atoms with Gasteiger partial charge in [-0.3, -0.25) is 9.59 Å². The monoisotopic (exact) mass is 409 g/mol. The molecule has 0 saturated heterocycles. The van der Waals surface area contributed by atoms with Crippen LogP contribution in [0.4, 0.5) is 14.5 Å². The molecule has 0 bridgehead atoms. The zero-order valence-corrected chi connectivity index (χ0v) is 16.9. The van der Waals surface area contributed by atoms with Gasteiger partial charge in [0.25, 0.3) is 11.8 Å². The number of hydrogen-bond donors (Lipinski definition) is 0. The fourth-order valence-corrected chi connectivity index (χ4v) is 3.76. The number of fused-ring (bicyclic) bond motifs is 1. The Bertz CT molecular complexity index is 1190. The van der Waals surface area contributed by atoms with Crippen molar-refractivity contribution in [2.45, 2.75) is 26.2 Å². The molecular formula is C23H21F2N3O2. The Hall–Kier alpha value is -3.35. The number of anilines is 1. The van der Waals surface area contributed by atoms with Crippen molar-refractivity contribution in [1.82, 2.24) is 4.57 Å². The van der Waals surface area contributed by atoms with Crippen LogP contribution in [0.1, 0.15) is 25.0 Å². The summed E-state index contributed by atoms with van der Waals surface area (Å²) in [4.78, 5) is 25.9. The van der Waals surface area contributed by atoms with E-state index in [9.17, 15) is 18.4 Å². The van der Waals surface area contributed by atoms with Crippen molar-refractivity contribution < 1.29 is 18.4 Å². The highest BCUT2D eigenvalue weighted by molar-refractivity contribution is 6.27. The zero-order chi connectivity index (χ0) is 21.6. The van der Waals surface area contributed by atoms with Crippen molar-refractivity contribution in [3.63, 3.8) is 0 Å². The molecule has 7 heteroatoms. The van der Waals surface area contributed by atoms with Crippen LogP contribution in [0.15, 0.2) is 59.8 Å². The molecule has 1 aliphatic rings. The molecule has 2 heterocycles. The van der Waals surface area contributed by atoms with Crippen molar-refractivity contribution in [3.8, 4) is 0 Å². The molecule has 0 saturated carbocycles. The number of hydrogen-bond acceptors (Lipinski definition) is 3. The Balaban J connectivity index is 1.57. The number of rotatable bonds is 5. The maximum Gasteiger partial charge on any atom is 0.270 e. The molecule has 30 heavy (non-hydrogen) atoms. The summed E-state index contributed by atoms with van der Waals surface area (Å²) in [6.07, 6.45) is 1.81. The Morgan fingerprint density at radius 3 is 2.67 bits per heavy atom. The van der Waals surface area contributed by atoms with Crippen LogP contribution in [0.3, 0.4) is 0 Å². The minimum absolute atomic E-state index is 0.113. The minimum Gasteiger partial charge on any atom is -0.350 e. The number of amides is 1. The molecule has 0 N–H and O–H groups in total. The first kappa shape index (κ1) is 19.9. The largest absolute Gasteiger partial charge is 0.350 e. The molecule has 0 aliphatic carbocycles. The van der Waals surface area contributed by atoms with E-state index in [-0.39, 0.29) is 17.8 Å². The summed E-state index contributed by atoms with van der Waals surface area (Å²) >= 11 is 0. The average molecular weight is 409 g/mol. The standard InChI is InChI=1S/C23H21F2N3O2/c1-14-21(20(29)12-15-5-4-6-17(11-15)23(2,24)25)22(30)28(26-14)18-8-7-16-9-10-27(3)19(16)13-18/h4-11,13,21H,12H2,1-3H3. The van der Waals surface area contributed by atoms with E-state index < -0.39 is 17.7 Å². The second kappa shape index (κ2) is 7.16. The van der Waals surface area contributed by atoms with E-state index >= 15 is 0 Å². The molecule has 5 nitrogen and oxygen atoms in total. The number of ketones is 1. The van der Waals surface area contributed by atoms with E-state index in [1.165, 1.54) is 23.2 Å². The number of Topliss-reactive ketones (excluding diaryl/α,β-unsaturated/α-hetero) is 1. The van der Waals surface area contributed by atoms with Crippen molar-refractivity contribution >= 4 is 34.0 Å². The second-order valence-electron chi connectivity index (χ2n) is 7.73. The number of alkyl halides is 2. The maximum absolute atomic E-state index is 13.6. The highest BCUT2D eigenvalue weighted by atomic mass is 19.3. The molecule has 1 amide bonds. The lowest BCUT2D eigenvalue weighted by Crippen LogP contribution is -2.33. The molecule has 1 aliphatic heterocycles. The van der Waals surface area contributed by atoms with E-state index in [4.69, 9.17) is 0 Å². The van der Waals surface area contributed by atoms with Crippen LogP contribution in [0.5, 0.6) is 0 Å². The number of hydrazone groups is 1. The molecule has 1 atom stereocenters. The van der Waals surface area contributed by atoms with Crippen molar-refractivity contribution in [2.75, 3.05) is 5.01 Å². The molecule has 0 fully saturated rings. The van der Waals surface area contributed by atoms with Crippen molar-refractivity contribution in [1.29, 1.82) is 0 Å². The van der Waals surface area contributed by atoms with Gasteiger partial charge in [-0.05, 0) is 42.1 Å². The topological polar surface area (TPSA) is 54.7 Å². The molecule has 0 radical (unpaired) electrons. The van der Waals surface area contributed by atoms with Crippen LogP contribution < -0.4 is 5.01 Å². The first-order chi connectivity index (χ1) is 14.1. The Kier molecular flexibility index (Phi) is 4.76. The molecule has 3 aromatic rings. The summed E-state index contributed by atoms with van der Waals surface area (Å²) in [5.41, 5.74) is 2.21. The van der Waals surface area contributed by atoms with E-state index in [2.05, 4.69) is 5.10 Å². The maximum atomic E-state index is 13.6. The first-order valence-corrected chi connectivity index (χ1v) is 9.59. The van der Waals surface area contributed by atoms with Gasteiger partial charge in [0.05, 0.1) is 11.4 Å². The molecule has 0 spiro atoms. The third kappa shape index (κ3) is 3.51. The predicted octanol–water partition coefficient (Wildman–Crippen LogP) is 4.44. The summed E-state index contributed by atoms with van der Waals surface area (Å²) in [5.74, 6) is -4.80. The number of carbonyl (C=O) groups is 2. The quantitative estimate of drug-likeness (QED) is 0.585. The van der Waals surface area contributed by atoms with Gasteiger partial charge in [-0.2, -0.15) is 10.1 Å². The van der Waals surface area contributed by atoms with Crippen LogP contribution >= 0.6 is 0 Å². The fourth-order valence-electron chi connectivity index (χ4n) is 3.76. The van der Waals surface area contributed by atoms with Crippen LogP contribution in [0.2, 0.25) is 0 Å². The van der Waals surface area contributed by atoms with E-state index in [1.807, 2.05) is 36.0 Å². The Morgan fingerprint density at radius 1 is 1.17 bits per heavy atom. The molecule has 4 rings (SSSR count). The molecule has 1 unspecified atom stereocenters. The van der Waals surface area contributed by atoms with E-state index in [0.29, 0.717) is 17.0 Å². The van der Waals surface area contributed by atoms with Crippen LogP contribution in [-0.2, 0) is 29.0 Å². The number of aromatic nitrogens is 1. The summed E-state index contributed by atoms with van der Waals surface area (Å²) in [6.45, 7) is 2.45. The second-order valence-corrected chi connectivity index (χ2v) is 7.73. The number of nitrogens with zero attached hydrogens (tertiary/aromatic N) is 3. The number of aryl methyl sites for hydroxylation is 1. The fraction of sp³-hybridized carbons (Fsp3) is 0.261. The van der Waals surface area contributed by atoms with Gasteiger partial charge in [-0.1, -0.05) is 24.3 Å². The normalized spacial score (nSPS) is 17.0. The van der Waals surface area contributed by atoms with Crippen LogP contribution in [0, 0.1) is 5.92 Å². The number of halogens is 2. The Labute approximate surface area is 172 Å². The highest BCUT2D eigenvalue weighted by Gasteiger charge is 2.39. The van der Waals surface area contributed by atoms with E-state index in [1.54, 1.807) is 19.1 Å². The minimum atomic E-state index is -2.99. The lowest BCUT2D eigenvalue weighted by Gasteiger charge is -2.15. The van der Waals surface area contributed by atoms with E-state index in [0.717, 1.165) is 17.8 Å². The summed E-state index contributed by atoms with van der Waals surface area (Å²) < 4.78 is 29.1. The van der Waals surface area contributed by atoms with Crippen LogP contribution in [0.25, 0.3) is 10.9 Å². The molecule has 1 aromatic heterocycles. The SMILES string of the molecule is CC1=NN(c2ccc3ccn(C)c3c2)C(=O)C1C(=O)Cc1cccc(C(C)(F)F)c1. The molecular weight excluding hydrogens is 388 g/mol. The number of carbonyl (C=O) groups excluding carboxylic acids is 2. The molecule has 154 valence electrons. The number of benzene rings is 2. The van der Waals surface area contributed by atoms with Gasteiger partial charge < -0.3 is 4.57 Å². The highest BCUT2D eigenvalue weighted by Crippen LogP contribution is 2.30. The lowest BCUT2D eigenvalue weighted by atomic mass is 9.93. The summed E-state index contributed by atoms with van der Waals surface area (Å²) in [5, 5.41) is 6.60. The van der Waals surface area contributed by atoms with Gasteiger partial charge in [0.2, 0.25) is 0 Å². The van der Waals surface area contributed by atoms with Gasteiger partial charge in [0.15, 0.2) is 5.78 Å². The van der Waals surface area contributed by atoms with Crippen molar-refractivity contribution in [3.05, 3.63) is 65.9 Å². The van der Waals surface area contributed by atoms with Gasteiger partial charge in [-0.15, -0.1) is 0 Å². The van der Waals surface area contributed by atoms with Gasteiger partial charge in [0.1, 0.15) is 5.92 Å². The third-order valence-corrected chi connectivity index (χ3v) is 5.38. The zero-order valence-electron chi connectivity index (χ0n) is 16.9.